The average molecular weight is 335 g/mol. The highest BCUT2D eigenvalue weighted by molar-refractivity contribution is 7.79. The van der Waals surface area contributed by atoms with Crippen LogP contribution in [-0.4, -0.2) is 0 Å². The van der Waals surface area contributed by atoms with E-state index in [0.29, 0.717) is 5.92 Å². The number of benzene rings is 2. The summed E-state index contributed by atoms with van der Waals surface area (Å²) in [7, 11) is -1.04. The first-order chi connectivity index (χ1) is 10.4. The summed E-state index contributed by atoms with van der Waals surface area (Å²) in [4.78, 5) is 0. The van der Waals surface area contributed by atoms with Crippen LogP contribution in [0.15, 0.2) is 36.4 Å². The van der Waals surface area contributed by atoms with Crippen LogP contribution in [0, 0.1) is 20.8 Å². The van der Waals surface area contributed by atoms with Gasteiger partial charge in [0.05, 0.1) is 0 Å². The van der Waals surface area contributed by atoms with Crippen molar-refractivity contribution in [1.82, 2.24) is 0 Å². The predicted octanol–water partition coefficient (Wildman–Crippen LogP) is 6.86. The lowest BCUT2D eigenvalue weighted by Gasteiger charge is -2.18. The van der Waals surface area contributed by atoms with Gasteiger partial charge < -0.3 is 4.52 Å². The van der Waals surface area contributed by atoms with E-state index >= 15 is 0 Å². The Morgan fingerprint density at radius 3 is 2.27 bits per heavy atom. The largest absolute Gasteiger partial charge is 0.457 e. The number of hydrogen-bond donors (Lipinski definition) is 0. The minimum Gasteiger partial charge on any atom is -0.457 e. The minimum atomic E-state index is -1.04. The van der Waals surface area contributed by atoms with Gasteiger partial charge in [0, 0.05) is 6.16 Å². The Balaban J connectivity index is 2.15. The van der Waals surface area contributed by atoms with Gasteiger partial charge in [0.15, 0.2) is 7.50 Å². The molecule has 0 fully saturated rings. The van der Waals surface area contributed by atoms with Crippen molar-refractivity contribution >= 4 is 18.7 Å². The summed E-state index contributed by atoms with van der Waals surface area (Å²) in [5.41, 5.74) is 6.25. The molecule has 0 aliphatic heterocycles. The van der Waals surface area contributed by atoms with Gasteiger partial charge in [0.2, 0.25) is 0 Å². The second-order valence-corrected chi connectivity index (χ2v) is 8.46. The molecule has 0 radical (unpaired) electrons. The molecule has 0 aliphatic rings. The molecule has 0 bridgehead atoms. The van der Waals surface area contributed by atoms with Gasteiger partial charge >= 0.3 is 0 Å². The molecule has 3 heteroatoms. The zero-order valence-electron chi connectivity index (χ0n) is 14.0. The molecule has 0 aliphatic carbocycles. The maximum Gasteiger partial charge on any atom is 0.187 e. The second kappa shape index (κ2) is 7.49. The van der Waals surface area contributed by atoms with E-state index in [0.717, 1.165) is 11.9 Å². The molecule has 118 valence electrons. The van der Waals surface area contributed by atoms with Crippen molar-refractivity contribution in [2.45, 2.75) is 46.7 Å². The fraction of sp³-hybridized carbons (Fsp3) is 0.368. The summed E-state index contributed by atoms with van der Waals surface area (Å²) in [6, 6.07) is 12.9. The molecule has 1 atom stereocenters. The molecule has 22 heavy (non-hydrogen) atoms. The number of halogens is 1. The Labute approximate surface area is 140 Å². The first-order valence-corrected chi connectivity index (χ1v) is 9.99. The molecule has 0 saturated heterocycles. The predicted molar refractivity (Wildman–Crippen MR) is 98.3 cm³/mol. The van der Waals surface area contributed by atoms with Gasteiger partial charge in [0.25, 0.3) is 0 Å². The number of rotatable bonds is 5. The number of aryl methyl sites for hydroxylation is 3. The average Bonchev–Trinajstić information content (AvgIpc) is 2.41. The van der Waals surface area contributed by atoms with Crippen LogP contribution in [0.2, 0.25) is 0 Å². The van der Waals surface area contributed by atoms with Gasteiger partial charge in [-0.2, -0.15) is 0 Å². The van der Waals surface area contributed by atoms with E-state index in [9.17, 15) is 0 Å². The second-order valence-electron chi connectivity index (χ2n) is 6.19. The molecule has 0 amide bonds. The molecule has 0 saturated carbocycles. The van der Waals surface area contributed by atoms with Crippen LogP contribution < -0.4 is 4.52 Å². The monoisotopic (exact) mass is 334 g/mol. The van der Waals surface area contributed by atoms with Gasteiger partial charge in [-0.3, -0.25) is 0 Å². The molecule has 2 rings (SSSR count). The fourth-order valence-electron chi connectivity index (χ4n) is 2.49. The molecule has 1 nitrogen and oxygen atoms in total. The van der Waals surface area contributed by atoms with E-state index in [1.807, 2.05) is 0 Å². The third kappa shape index (κ3) is 4.48. The zero-order chi connectivity index (χ0) is 16.3. The Hall–Kier alpha value is -1.04. The van der Waals surface area contributed by atoms with Crippen LogP contribution >= 0.6 is 18.7 Å². The van der Waals surface area contributed by atoms with E-state index < -0.39 is 7.50 Å². The van der Waals surface area contributed by atoms with Crippen molar-refractivity contribution in [3.8, 4) is 5.75 Å². The summed E-state index contributed by atoms with van der Waals surface area (Å²) in [5, 5.41) is 0. The highest BCUT2D eigenvalue weighted by Gasteiger charge is 2.15. The summed E-state index contributed by atoms with van der Waals surface area (Å²) in [5.74, 6) is 1.36. The Morgan fingerprint density at radius 2 is 1.64 bits per heavy atom. The van der Waals surface area contributed by atoms with Gasteiger partial charge in [-0.1, -0.05) is 49.7 Å². The van der Waals surface area contributed by atoms with Crippen LogP contribution in [0.5, 0.6) is 5.75 Å². The zero-order valence-corrected chi connectivity index (χ0v) is 15.6. The third-order valence-corrected chi connectivity index (χ3v) is 5.33. The first kappa shape index (κ1) is 17.3. The standard InChI is InChI=1S/C19H24ClOP/c1-13(2)18-9-7-15(4)11-19(18)21-22(20)12-17-8-6-14(3)10-16(17)5/h6-11,13H,12H2,1-5H3. The highest BCUT2D eigenvalue weighted by Crippen LogP contribution is 2.48. The maximum absolute atomic E-state index is 6.53. The summed E-state index contributed by atoms with van der Waals surface area (Å²) in [6.45, 7) is 10.7. The lowest BCUT2D eigenvalue weighted by Crippen LogP contribution is -1.96. The van der Waals surface area contributed by atoms with E-state index in [1.54, 1.807) is 0 Å². The van der Waals surface area contributed by atoms with Gasteiger partial charge in [-0.15, -0.1) is 0 Å². The number of hydrogen-bond acceptors (Lipinski definition) is 1. The van der Waals surface area contributed by atoms with Crippen LogP contribution in [0.25, 0.3) is 0 Å². The Morgan fingerprint density at radius 1 is 1.00 bits per heavy atom. The molecule has 0 aromatic heterocycles. The molecule has 0 heterocycles. The molecule has 1 unspecified atom stereocenters. The molecule has 2 aromatic carbocycles. The van der Waals surface area contributed by atoms with Crippen molar-refractivity contribution in [3.05, 3.63) is 64.2 Å². The van der Waals surface area contributed by atoms with E-state index in [2.05, 4.69) is 71.0 Å². The van der Waals surface area contributed by atoms with Crippen LogP contribution in [0.1, 0.15) is 47.6 Å². The molecule has 0 N–H and O–H groups in total. The SMILES string of the molecule is Cc1ccc(CP(Cl)Oc2cc(C)ccc2C(C)C)c(C)c1. The van der Waals surface area contributed by atoms with Crippen LogP contribution in [-0.2, 0) is 6.16 Å². The smallest absolute Gasteiger partial charge is 0.187 e. The van der Waals surface area contributed by atoms with Gasteiger partial charge in [-0.05, 0) is 66.3 Å². The van der Waals surface area contributed by atoms with Crippen molar-refractivity contribution < 1.29 is 4.52 Å². The summed E-state index contributed by atoms with van der Waals surface area (Å²) < 4.78 is 6.11. The van der Waals surface area contributed by atoms with E-state index in [-0.39, 0.29) is 0 Å². The van der Waals surface area contributed by atoms with E-state index in [1.165, 1.54) is 27.8 Å². The van der Waals surface area contributed by atoms with E-state index in [4.69, 9.17) is 15.8 Å². The lowest BCUT2D eigenvalue weighted by molar-refractivity contribution is 0.604. The van der Waals surface area contributed by atoms with Crippen LogP contribution in [0.4, 0.5) is 0 Å². The third-order valence-electron chi connectivity index (χ3n) is 3.78. The van der Waals surface area contributed by atoms with Crippen molar-refractivity contribution in [2.24, 2.45) is 0 Å². The topological polar surface area (TPSA) is 9.23 Å². The molecule has 0 spiro atoms. The fourth-order valence-corrected chi connectivity index (χ4v) is 4.16. The van der Waals surface area contributed by atoms with Crippen molar-refractivity contribution in [2.75, 3.05) is 0 Å². The highest BCUT2D eigenvalue weighted by atomic mass is 35.7. The minimum absolute atomic E-state index is 0.428. The normalized spacial score (nSPS) is 12.5. The summed E-state index contributed by atoms with van der Waals surface area (Å²) >= 11 is 6.53. The van der Waals surface area contributed by atoms with Crippen molar-refractivity contribution in [1.29, 1.82) is 0 Å². The molecular formula is C19H24ClOP. The van der Waals surface area contributed by atoms with Gasteiger partial charge in [-0.25, -0.2) is 0 Å². The lowest BCUT2D eigenvalue weighted by atomic mass is 10.0. The van der Waals surface area contributed by atoms with Crippen LogP contribution in [0.3, 0.4) is 0 Å². The Kier molecular flexibility index (Phi) is 5.89. The summed E-state index contributed by atoms with van der Waals surface area (Å²) in [6.07, 6.45) is 0.772. The molecular weight excluding hydrogens is 311 g/mol. The Bertz CT molecular complexity index is 652. The first-order valence-electron chi connectivity index (χ1n) is 7.64. The van der Waals surface area contributed by atoms with Crippen molar-refractivity contribution in [3.63, 3.8) is 0 Å². The quantitative estimate of drug-likeness (QED) is 0.542. The maximum atomic E-state index is 6.53. The molecule has 2 aromatic rings. The van der Waals surface area contributed by atoms with Gasteiger partial charge in [0.1, 0.15) is 5.75 Å².